The van der Waals surface area contributed by atoms with E-state index >= 15 is 0 Å². The van der Waals surface area contributed by atoms with Crippen LogP contribution in [-0.2, 0) is 5.54 Å². The molecule has 7 nitrogen and oxygen atoms in total. The molecule has 0 aliphatic rings. The zero-order chi connectivity index (χ0) is 20.6. The zero-order valence-electron chi connectivity index (χ0n) is 15.6. The highest BCUT2D eigenvalue weighted by atomic mass is 35.5. The Kier molecular flexibility index (Phi) is 4.89. The third-order valence-corrected chi connectivity index (χ3v) is 5.55. The Morgan fingerprint density at radius 3 is 2.62 bits per heavy atom. The number of aromatic amines is 1. The molecule has 1 aromatic carbocycles. The monoisotopic (exact) mass is 428 g/mol. The fraction of sp³-hybridized carbons (Fsp3) is 0.150. The van der Waals surface area contributed by atoms with E-state index in [1.807, 2.05) is 31.4 Å². The number of halogens is 1. The molecule has 29 heavy (non-hydrogen) atoms. The van der Waals surface area contributed by atoms with E-state index in [0.29, 0.717) is 21.0 Å². The van der Waals surface area contributed by atoms with Gasteiger partial charge in [0.15, 0.2) is 17.2 Å². The number of aromatic nitrogens is 2. The number of nitrogens with zero attached hydrogens (tertiary/aromatic N) is 1. The fourth-order valence-electron chi connectivity index (χ4n) is 2.87. The number of amides is 2. The van der Waals surface area contributed by atoms with Crippen LogP contribution in [0.5, 0.6) is 0 Å². The molecule has 0 radical (unpaired) electrons. The topological polar surface area (TPSA) is 100 Å². The van der Waals surface area contributed by atoms with E-state index in [-0.39, 0.29) is 23.4 Å². The first kappa shape index (κ1) is 19.2. The lowest BCUT2D eigenvalue weighted by molar-refractivity contribution is 0.0885. The third kappa shape index (κ3) is 3.90. The van der Waals surface area contributed by atoms with Crippen molar-refractivity contribution in [3.05, 3.63) is 69.1 Å². The van der Waals surface area contributed by atoms with Crippen molar-refractivity contribution in [1.29, 1.82) is 0 Å². The van der Waals surface area contributed by atoms with Crippen molar-refractivity contribution in [1.82, 2.24) is 15.5 Å². The number of nitrogens with one attached hydrogen (secondary N) is 3. The molecule has 0 spiro atoms. The Morgan fingerprint density at radius 2 is 1.93 bits per heavy atom. The standard InChI is InChI=1S/C20H17ClN4O3S/c1-20(2,11-5-7-12(21)8-6-11)23-18(26)14-10-13-16(28-14)17(25-24-13)22-19(27)15-4-3-9-29-15/h3-10H,1-2H3,(H,23,26)(H2,22,24,25,27). The number of fused-ring (bicyclic) bond motifs is 1. The normalized spacial score (nSPS) is 11.6. The van der Waals surface area contributed by atoms with Crippen LogP contribution in [0.4, 0.5) is 5.82 Å². The summed E-state index contributed by atoms with van der Waals surface area (Å²) in [5.74, 6) is -0.332. The molecule has 0 saturated heterocycles. The van der Waals surface area contributed by atoms with Gasteiger partial charge in [-0.3, -0.25) is 14.7 Å². The lowest BCUT2D eigenvalue weighted by Crippen LogP contribution is -2.40. The molecule has 4 rings (SSSR count). The molecule has 0 bridgehead atoms. The molecule has 0 unspecified atom stereocenters. The SMILES string of the molecule is CC(C)(NC(=O)c1cc2[nH]nc(NC(=O)c3cccs3)c2o1)c1ccc(Cl)cc1. The Bertz CT molecular complexity index is 1180. The Balaban J connectivity index is 1.53. The van der Waals surface area contributed by atoms with E-state index in [1.54, 1.807) is 30.3 Å². The second-order valence-corrected chi connectivity index (χ2v) is 8.33. The summed E-state index contributed by atoms with van der Waals surface area (Å²) in [7, 11) is 0. The van der Waals surface area contributed by atoms with Crippen LogP contribution in [0.25, 0.3) is 11.1 Å². The number of thiophene rings is 1. The van der Waals surface area contributed by atoms with Gasteiger partial charge in [-0.05, 0) is 43.0 Å². The molecule has 0 fully saturated rings. The summed E-state index contributed by atoms with van der Waals surface area (Å²) >= 11 is 7.26. The van der Waals surface area contributed by atoms with Crippen molar-refractivity contribution in [3.8, 4) is 0 Å². The number of H-pyrrole nitrogens is 1. The van der Waals surface area contributed by atoms with Gasteiger partial charge in [-0.15, -0.1) is 11.3 Å². The van der Waals surface area contributed by atoms with Crippen molar-refractivity contribution in [2.24, 2.45) is 0 Å². The van der Waals surface area contributed by atoms with E-state index in [4.69, 9.17) is 16.0 Å². The first-order valence-electron chi connectivity index (χ1n) is 8.75. The summed E-state index contributed by atoms with van der Waals surface area (Å²) in [5.41, 5.74) is 1.08. The maximum absolute atomic E-state index is 12.7. The lowest BCUT2D eigenvalue weighted by atomic mass is 9.94. The molecular weight excluding hydrogens is 412 g/mol. The fourth-order valence-corrected chi connectivity index (χ4v) is 3.62. The minimum atomic E-state index is -0.642. The van der Waals surface area contributed by atoms with Crippen LogP contribution >= 0.6 is 22.9 Å². The van der Waals surface area contributed by atoms with E-state index in [1.165, 1.54) is 11.3 Å². The summed E-state index contributed by atoms with van der Waals surface area (Å²) in [5, 5.41) is 14.9. The molecule has 9 heteroatoms. The van der Waals surface area contributed by atoms with Gasteiger partial charge in [-0.1, -0.05) is 29.8 Å². The predicted octanol–water partition coefficient (Wildman–Crippen LogP) is 4.79. The maximum Gasteiger partial charge on any atom is 0.287 e. The highest BCUT2D eigenvalue weighted by molar-refractivity contribution is 7.12. The summed E-state index contributed by atoms with van der Waals surface area (Å²) < 4.78 is 5.68. The molecule has 0 aliphatic carbocycles. The predicted molar refractivity (Wildman–Crippen MR) is 113 cm³/mol. The Hall–Kier alpha value is -3.10. The highest BCUT2D eigenvalue weighted by Gasteiger charge is 2.26. The number of hydrogen-bond donors (Lipinski definition) is 3. The van der Waals surface area contributed by atoms with Gasteiger partial charge < -0.3 is 15.1 Å². The Labute approximate surface area is 175 Å². The van der Waals surface area contributed by atoms with Crippen LogP contribution in [0.2, 0.25) is 5.02 Å². The van der Waals surface area contributed by atoms with Gasteiger partial charge in [0.2, 0.25) is 0 Å². The van der Waals surface area contributed by atoms with Crippen LogP contribution in [0.3, 0.4) is 0 Å². The smallest absolute Gasteiger partial charge is 0.287 e. The number of carbonyl (C=O) groups excluding carboxylic acids is 2. The molecule has 3 N–H and O–H groups in total. The number of benzene rings is 1. The number of hydrogen-bond acceptors (Lipinski definition) is 5. The number of rotatable bonds is 5. The number of carbonyl (C=O) groups is 2. The third-order valence-electron chi connectivity index (χ3n) is 4.43. The van der Waals surface area contributed by atoms with Crippen LogP contribution in [0, 0.1) is 0 Å². The van der Waals surface area contributed by atoms with Crippen LogP contribution in [-0.4, -0.2) is 22.0 Å². The molecule has 3 aromatic heterocycles. The molecule has 0 atom stereocenters. The van der Waals surface area contributed by atoms with Crippen molar-refractivity contribution in [2.75, 3.05) is 5.32 Å². The number of furan rings is 1. The molecule has 0 saturated carbocycles. The molecule has 2 amide bonds. The quantitative estimate of drug-likeness (QED) is 0.425. The number of anilines is 1. The molecule has 3 heterocycles. The maximum atomic E-state index is 12.7. The first-order valence-corrected chi connectivity index (χ1v) is 10.0. The van der Waals surface area contributed by atoms with Crippen molar-refractivity contribution >= 4 is 51.7 Å². The summed E-state index contributed by atoms with van der Waals surface area (Å²) in [6, 6.07) is 12.3. The van der Waals surface area contributed by atoms with Gasteiger partial charge in [0.05, 0.1) is 10.4 Å². The van der Waals surface area contributed by atoms with Crippen molar-refractivity contribution in [3.63, 3.8) is 0 Å². The van der Waals surface area contributed by atoms with Gasteiger partial charge in [0, 0.05) is 11.1 Å². The lowest BCUT2D eigenvalue weighted by Gasteiger charge is -2.26. The van der Waals surface area contributed by atoms with Crippen molar-refractivity contribution < 1.29 is 14.0 Å². The summed E-state index contributed by atoms with van der Waals surface area (Å²) in [6.45, 7) is 3.77. The van der Waals surface area contributed by atoms with Gasteiger partial charge in [-0.25, -0.2) is 0 Å². The van der Waals surface area contributed by atoms with Crippen LogP contribution in [0.1, 0.15) is 39.6 Å². The first-order chi connectivity index (χ1) is 13.8. The summed E-state index contributed by atoms with van der Waals surface area (Å²) in [6.07, 6.45) is 0. The molecule has 148 valence electrons. The van der Waals surface area contributed by atoms with Gasteiger partial charge in [0.25, 0.3) is 11.8 Å². The Morgan fingerprint density at radius 1 is 1.17 bits per heavy atom. The van der Waals surface area contributed by atoms with E-state index in [0.717, 1.165) is 5.56 Å². The van der Waals surface area contributed by atoms with E-state index in [2.05, 4.69) is 20.8 Å². The van der Waals surface area contributed by atoms with Crippen LogP contribution < -0.4 is 10.6 Å². The molecule has 4 aromatic rings. The zero-order valence-corrected chi connectivity index (χ0v) is 17.1. The molecular formula is C20H17ClN4O3S. The molecule has 0 aliphatic heterocycles. The largest absolute Gasteiger partial charge is 0.445 e. The highest BCUT2D eigenvalue weighted by Crippen LogP contribution is 2.27. The van der Waals surface area contributed by atoms with Crippen LogP contribution in [0.15, 0.2) is 52.3 Å². The van der Waals surface area contributed by atoms with E-state index in [9.17, 15) is 9.59 Å². The van der Waals surface area contributed by atoms with Gasteiger partial charge >= 0.3 is 0 Å². The average Bonchev–Trinajstić information content (AvgIpc) is 3.40. The van der Waals surface area contributed by atoms with Crippen molar-refractivity contribution in [2.45, 2.75) is 19.4 Å². The van der Waals surface area contributed by atoms with Gasteiger partial charge in [-0.2, -0.15) is 5.10 Å². The minimum Gasteiger partial charge on any atom is -0.445 e. The van der Waals surface area contributed by atoms with Gasteiger partial charge in [0.1, 0.15) is 5.52 Å². The average molecular weight is 429 g/mol. The summed E-state index contributed by atoms with van der Waals surface area (Å²) in [4.78, 5) is 25.5. The second-order valence-electron chi connectivity index (χ2n) is 6.94. The van der Waals surface area contributed by atoms with E-state index < -0.39 is 5.54 Å². The second kappa shape index (κ2) is 7.38. The minimum absolute atomic E-state index is 0.113.